The van der Waals surface area contributed by atoms with Crippen LogP contribution in [0.3, 0.4) is 0 Å². The van der Waals surface area contributed by atoms with Gasteiger partial charge >= 0.3 is 12.1 Å². The molecule has 0 aliphatic carbocycles. The number of carbonyl (C=O) groups excluding carboxylic acids is 1. The van der Waals surface area contributed by atoms with Crippen LogP contribution in [-0.4, -0.2) is 42.8 Å². The van der Waals surface area contributed by atoms with Crippen molar-refractivity contribution in [2.45, 2.75) is 25.1 Å². The van der Waals surface area contributed by atoms with Gasteiger partial charge in [0.15, 0.2) is 0 Å². The van der Waals surface area contributed by atoms with E-state index in [-0.39, 0.29) is 23.5 Å². The van der Waals surface area contributed by atoms with E-state index in [9.17, 15) is 18.0 Å². The molecule has 1 fully saturated rings. The van der Waals surface area contributed by atoms with Gasteiger partial charge in [-0.25, -0.2) is 4.79 Å². The zero-order chi connectivity index (χ0) is 15.5. The van der Waals surface area contributed by atoms with E-state index in [0.717, 1.165) is 11.3 Å². The molecule has 8 heteroatoms. The van der Waals surface area contributed by atoms with E-state index >= 15 is 0 Å². The first-order valence-corrected chi connectivity index (χ1v) is 7.24. The van der Waals surface area contributed by atoms with Crippen LogP contribution >= 0.6 is 11.3 Å². The third kappa shape index (κ3) is 4.44. The van der Waals surface area contributed by atoms with Crippen molar-refractivity contribution in [3.8, 4) is 6.07 Å². The molecule has 0 unspecified atom stereocenters. The van der Waals surface area contributed by atoms with Crippen LogP contribution in [0.25, 0.3) is 0 Å². The van der Waals surface area contributed by atoms with Crippen molar-refractivity contribution in [2.75, 3.05) is 19.6 Å². The van der Waals surface area contributed by atoms with Gasteiger partial charge in [0, 0.05) is 13.1 Å². The molecule has 1 aromatic rings. The van der Waals surface area contributed by atoms with Gasteiger partial charge in [-0.1, -0.05) is 0 Å². The van der Waals surface area contributed by atoms with E-state index in [1.807, 2.05) is 6.07 Å². The Morgan fingerprint density at radius 2 is 2.14 bits per heavy atom. The molecule has 1 aromatic heterocycles. The number of nitrogens with zero attached hydrogens (tertiary/aromatic N) is 2. The summed E-state index contributed by atoms with van der Waals surface area (Å²) in [6.45, 7) is -0.447. The molecular weight excluding hydrogens is 305 g/mol. The van der Waals surface area contributed by atoms with Crippen LogP contribution < -0.4 is 0 Å². The van der Waals surface area contributed by atoms with Crippen LogP contribution in [-0.2, 0) is 4.74 Å². The van der Waals surface area contributed by atoms with Crippen molar-refractivity contribution < 1.29 is 22.7 Å². The quantitative estimate of drug-likeness (QED) is 0.804. The summed E-state index contributed by atoms with van der Waals surface area (Å²) in [6, 6.07) is 3.44. The third-order valence-electron chi connectivity index (χ3n) is 3.18. The molecule has 2 rings (SSSR count). The number of ether oxygens (including phenoxy) is 1. The number of hydrogen-bond acceptors (Lipinski definition) is 5. The molecule has 114 valence electrons. The lowest BCUT2D eigenvalue weighted by molar-refractivity contribution is -0.150. The fourth-order valence-electron chi connectivity index (χ4n) is 2.20. The molecule has 0 saturated carbocycles. The second-order valence-corrected chi connectivity index (χ2v) is 5.69. The summed E-state index contributed by atoms with van der Waals surface area (Å²) < 4.78 is 42.1. The SMILES string of the molecule is N#Cc1ccsc1C(=O)OC1CCN(CC(F)(F)F)CC1. The summed E-state index contributed by atoms with van der Waals surface area (Å²) in [5, 5.41) is 10.5. The minimum Gasteiger partial charge on any atom is -0.458 e. The highest BCUT2D eigenvalue weighted by molar-refractivity contribution is 7.12. The van der Waals surface area contributed by atoms with Crippen molar-refractivity contribution in [3.05, 3.63) is 21.9 Å². The maximum absolute atomic E-state index is 12.3. The molecule has 0 bridgehead atoms. The van der Waals surface area contributed by atoms with E-state index in [1.165, 1.54) is 11.0 Å². The van der Waals surface area contributed by atoms with Crippen molar-refractivity contribution in [1.29, 1.82) is 5.26 Å². The lowest BCUT2D eigenvalue weighted by Crippen LogP contribution is -2.42. The predicted octanol–water partition coefficient (Wildman–Crippen LogP) is 2.80. The van der Waals surface area contributed by atoms with Crippen LogP contribution in [0.2, 0.25) is 0 Å². The van der Waals surface area contributed by atoms with E-state index in [1.54, 1.807) is 5.38 Å². The molecule has 1 saturated heterocycles. The monoisotopic (exact) mass is 318 g/mol. The first-order chi connectivity index (χ1) is 9.89. The summed E-state index contributed by atoms with van der Waals surface area (Å²) in [5.74, 6) is -0.573. The highest BCUT2D eigenvalue weighted by Gasteiger charge is 2.33. The molecule has 0 aromatic carbocycles. The fourth-order valence-corrected chi connectivity index (χ4v) is 2.92. The van der Waals surface area contributed by atoms with Crippen LogP contribution in [0.4, 0.5) is 13.2 Å². The average Bonchev–Trinajstić information content (AvgIpc) is 2.87. The Hall–Kier alpha value is -1.59. The highest BCUT2D eigenvalue weighted by atomic mass is 32.1. The van der Waals surface area contributed by atoms with E-state index in [2.05, 4.69) is 0 Å². The van der Waals surface area contributed by atoms with Crippen LogP contribution in [0.15, 0.2) is 11.4 Å². The Kier molecular flexibility index (Phi) is 4.85. The maximum Gasteiger partial charge on any atom is 0.401 e. The predicted molar refractivity (Wildman–Crippen MR) is 70.0 cm³/mol. The summed E-state index contributed by atoms with van der Waals surface area (Å²) in [6.07, 6.45) is -3.86. The molecule has 0 atom stereocenters. The number of piperidine rings is 1. The first kappa shape index (κ1) is 15.8. The average molecular weight is 318 g/mol. The van der Waals surface area contributed by atoms with Crippen molar-refractivity contribution >= 4 is 17.3 Å². The summed E-state index contributed by atoms with van der Waals surface area (Å²) in [5.41, 5.74) is 0.263. The molecule has 0 spiro atoms. The number of carbonyl (C=O) groups is 1. The molecule has 21 heavy (non-hydrogen) atoms. The van der Waals surface area contributed by atoms with Crippen molar-refractivity contribution in [3.63, 3.8) is 0 Å². The zero-order valence-corrected chi connectivity index (χ0v) is 11.8. The Labute approximate surface area is 123 Å². The van der Waals surface area contributed by atoms with Crippen molar-refractivity contribution in [2.24, 2.45) is 0 Å². The standard InChI is InChI=1S/C13H13F3N2O2S/c14-13(15,16)8-18-4-1-10(2-5-18)20-12(19)11-9(7-17)3-6-21-11/h3,6,10H,1-2,4-5,8H2. The van der Waals surface area contributed by atoms with Gasteiger partial charge in [0.1, 0.15) is 17.1 Å². The topological polar surface area (TPSA) is 53.3 Å². The van der Waals surface area contributed by atoms with Crippen LogP contribution in [0.1, 0.15) is 28.1 Å². The smallest absolute Gasteiger partial charge is 0.401 e. The molecule has 4 nitrogen and oxygen atoms in total. The minimum absolute atomic E-state index is 0.243. The van der Waals surface area contributed by atoms with Gasteiger partial charge < -0.3 is 4.74 Å². The lowest BCUT2D eigenvalue weighted by atomic mass is 10.1. The number of esters is 1. The molecule has 2 heterocycles. The van der Waals surface area contributed by atoms with Gasteiger partial charge in [0.05, 0.1) is 12.1 Å². The van der Waals surface area contributed by atoms with Gasteiger partial charge in [-0.15, -0.1) is 11.3 Å². The zero-order valence-electron chi connectivity index (χ0n) is 11.0. The van der Waals surface area contributed by atoms with Gasteiger partial charge in [-0.3, -0.25) is 4.90 Å². The summed E-state index contributed by atoms with van der Waals surface area (Å²) in [4.78, 5) is 13.5. The Morgan fingerprint density at radius 3 is 2.71 bits per heavy atom. The van der Waals surface area contributed by atoms with E-state index < -0.39 is 24.8 Å². The minimum atomic E-state index is -4.21. The summed E-state index contributed by atoms with van der Waals surface area (Å²) in [7, 11) is 0. The molecule has 1 aliphatic heterocycles. The molecule has 0 N–H and O–H groups in total. The number of rotatable bonds is 3. The number of halogens is 3. The number of thiophene rings is 1. The highest BCUT2D eigenvalue weighted by Crippen LogP contribution is 2.23. The fraction of sp³-hybridized carbons (Fsp3) is 0.538. The number of alkyl halides is 3. The van der Waals surface area contributed by atoms with Gasteiger partial charge in [-0.05, 0) is 24.3 Å². The largest absolute Gasteiger partial charge is 0.458 e. The van der Waals surface area contributed by atoms with Crippen LogP contribution in [0.5, 0.6) is 0 Å². The third-order valence-corrected chi connectivity index (χ3v) is 4.08. The summed E-state index contributed by atoms with van der Waals surface area (Å²) >= 11 is 1.12. The molecular formula is C13H13F3N2O2S. The lowest BCUT2D eigenvalue weighted by Gasteiger charge is -2.31. The van der Waals surface area contributed by atoms with E-state index in [4.69, 9.17) is 10.00 Å². The number of nitriles is 1. The normalized spacial score (nSPS) is 17.4. The second-order valence-electron chi connectivity index (χ2n) is 4.77. The number of hydrogen-bond donors (Lipinski definition) is 0. The van der Waals surface area contributed by atoms with E-state index in [0.29, 0.717) is 12.8 Å². The maximum atomic E-state index is 12.3. The van der Waals surface area contributed by atoms with Gasteiger partial charge in [0.2, 0.25) is 0 Å². The molecule has 0 amide bonds. The molecule has 0 radical (unpaired) electrons. The Bertz CT molecular complexity index is 542. The van der Waals surface area contributed by atoms with Gasteiger partial charge in [0.25, 0.3) is 0 Å². The number of likely N-dealkylation sites (tertiary alicyclic amines) is 1. The second kappa shape index (κ2) is 6.45. The van der Waals surface area contributed by atoms with Crippen LogP contribution in [0, 0.1) is 11.3 Å². The Balaban J connectivity index is 1.84. The Morgan fingerprint density at radius 1 is 1.48 bits per heavy atom. The molecule has 1 aliphatic rings. The van der Waals surface area contributed by atoms with Crippen molar-refractivity contribution in [1.82, 2.24) is 4.90 Å². The van der Waals surface area contributed by atoms with Gasteiger partial charge in [-0.2, -0.15) is 18.4 Å². The first-order valence-electron chi connectivity index (χ1n) is 6.37.